The Hall–Kier alpha value is -1.11. The van der Waals surface area contributed by atoms with Gasteiger partial charge in [0.25, 0.3) is 0 Å². The highest BCUT2D eigenvalue weighted by atomic mass is 32.2. The van der Waals surface area contributed by atoms with Crippen LogP contribution < -0.4 is 10.5 Å². The van der Waals surface area contributed by atoms with Crippen molar-refractivity contribution in [2.45, 2.75) is 50.0 Å². The van der Waals surface area contributed by atoms with E-state index in [-0.39, 0.29) is 17.1 Å². The molecule has 5 nitrogen and oxygen atoms in total. The molecule has 0 heterocycles. The van der Waals surface area contributed by atoms with E-state index in [1.54, 1.807) is 26.0 Å². The number of hydrogen-bond donors (Lipinski definition) is 3. The highest BCUT2D eigenvalue weighted by molar-refractivity contribution is 7.89. The van der Waals surface area contributed by atoms with Crippen LogP contribution in [0.4, 0.5) is 5.69 Å². The number of aliphatic hydroxyl groups is 1. The van der Waals surface area contributed by atoms with Crippen LogP contribution in [0.2, 0.25) is 0 Å². The molecule has 0 unspecified atom stereocenters. The van der Waals surface area contributed by atoms with Gasteiger partial charge >= 0.3 is 0 Å². The van der Waals surface area contributed by atoms with Crippen molar-refractivity contribution in [1.82, 2.24) is 4.72 Å². The average Bonchev–Trinajstić information content (AvgIpc) is 2.80. The van der Waals surface area contributed by atoms with Gasteiger partial charge in [0.1, 0.15) is 4.90 Å². The minimum Gasteiger partial charge on any atom is -0.397 e. The number of nitrogens with one attached hydrogen (secondary N) is 1. The standard InChI is InChI=1S/C14H22N2O3S/c1-10-5-6-11(2)13(12(10)15)20(18,19)16-9-14(17)7-3-4-8-14/h5-6,16-17H,3-4,7-9,15H2,1-2H3. The molecule has 1 aliphatic rings. The van der Waals surface area contributed by atoms with Gasteiger partial charge < -0.3 is 10.8 Å². The molecule has 1 aromatic carbocycles. The van der Waals surface area contributed by atoms with Crippen molar-refractivity contribution in [3.05, 3.63) is 23.3 Å². The molecule has 4 N–H and O–H groups in total. The summed E-state index contributed by atoms with van der Waals surface area (Å²) in [5.74, 6) is 0. The monoisotopic (exact) mass is 298 g/mol. The summed E-state index contributed by atoms with van der Waals surface area (Å²) in [6, 6.07) is 3.54. The molecule has 0 atom stereocenters. The van der Waals surface area contributed by atoms with Gasteiger partial charge in [-0.25, -0.2) is 13.1 Å². The maximum absolute atomic E-state index is 12.4. The smallest absolute Gasteiger partial charge is 0.242 e. The van der Waals surface area contributed by atoms with Crippen molar-refractivity contribution >= 4 is 15.7 Å². The number of hydrogen-bond acceptors (Lipinski definition) is 4. The molecule has 112 valence electrons. The van der Waals surface area contributed by atoms with E-state index in [1.807, 2.05) is 0 Å². The highest BCUT2D eigenvalue weighted by Gasteiger charge is 2.33. The number of aryl methyl sites for hydroxylation is 2. The predicted molar refractivity (Wildman–Crippen MR) is 78.9 cm³/mol. The van der Waals surface area contributed by atoms with Gasteiger partial charge in [-0.15, -0.1) is 0 Å². The molecule has 1 saturated carbocycles. The summed E-state index contributed by atoms with van der Waals surface area (Å²) in [6.45, 7) is 3.54. The number of sulfonamides is 1. The molecule has 2 rings (SSSR count). The van der Waals surface area contributed by atoms with Gasteiger partial charge in [-0.05, 0) is 37.8 Å². The average molecular weight is 298 g/mol. The lowest BCUT2D eigenvalue weighted by Gasteiger charge is -2.23. The normalized spacial score (nSPS) is 18.4. The molecule has 0 aromatic heterocycles. The maximum atomic E-state index is 12.4. The summed E-state index contributed by atoms with van der Waals surface area (Å²) >= 11 is 0. The lowest BCUT2D eigenvalue weighted by molar-refractivity contribution is 0.0532. The van der Waals surface area contributed by atoms with Gasteiger partial charge in [-0.1, -0.05) is 25.0 Å². The van der Waals surface area contributed by atoms with E-state index in [0.29, 0.717) is 18.4 Å². The summed E-state index contributed by atoms with van der Waals surface area (Å²) in [4.78, 5) is 0.124. The van der Waals surface area contributed by atoms with Crippen molar-refractivity contribution in [2.24, 2.45) is 0 Å². The Kier molecular flexibility index (Phi) is 4.09. The predicted octanol–water partition coefficient (Wildman–Crippen LogP) is 1.47. The molecule has 1 aliphatic carbocycles. The lowest BCUT2D eigenvalue weighted by Crippen LogP contribution is -2.41. The van der Waals surface area contributed by atoms with Crippen LogP contribution in [-0.4, -0.2) is 25.7 Å². The Morgan fingerprint density at radius 1 is 1.25 bits per heavy atom. The van der Waals surface area contributed by atoms with Crippen LogP contribution in [0.15, 0.2) is 17.0 Å². The molecule has 0 radical (unpaired) electrons. The van der Waals surface area contributed by atoms with E-state index in [1.165, 1.54) is 0 Å². The number of rotatable bonds is 4. The molecule has 0 bridgehead atoms. The highest BCUT2D eigenvalue weighted by Crippen LogP contribution is 2.30. The van der Waals surface area contributed by atoms with Crippen LogP contribution in [0.3, 0.4) is 0 Å². The maximum Gasteiger partial charge on any atom is 0.242 e. The van der Waals surface area contributed by atoms with Gasteiger partial charge in [0.15, 0.2) is 0 Å². The van der Waals surface area contributed by atoms with Crippen LogP contribution in [0, 0.1) is 13.8 Å². The van der Waals surface area contributed by atoms with Gasteiger partial charge in [-0.3, -0.25) is 0 Å². The first-order valence-corrected chi connectivity index (χ1v) is 8.31. The Morgan fingerprint density at radius 3 is 2.40 bits per heavy atom. The number of nitrogens with two attached hydrogens (primary N) is 1. The van der Waals surface area contributed by atoms with E-state index in [4.69, 9.17) is 5.73 Å². The Balaban J connectivity index is 2.25. The van der Waals surface area contributed by atoms with Crippen LogP contribution in [0.5, 0.6) is 0 Å². The molecule has 1 fully saturated rings. The Bertz CT molecular complexity index is 605. The van der Waals surface area contributed by atoms with Crippen molar-refractivity contribution in [2.75, 3.05) is 12.3 Å². The number of benzene rings is 1. The molecule has 0 amide bonds. The van der Waals surface area contributed by atoms with Crippen LogP contribution >= 0.6 is 0 Å². The molecular weight excluding hydrogens is 276 g/mol. The largest absolute Gasteiger partial charge is 0.397 e. The third-order valence-electron chi connectivity index (χ3n) is 4.01. The van der Waals surface area contributed by atoms with E-state index >= 15 is 0 Å². The Labute approximate surface area is 120 Å². The Morgan fingerprint density at radius 2 is 1.80 bits per heavy atom. The van der Waals surface area contributed by atoms with Crippen LogP contribution in [-0.2, 0) is 10.0 Å². The van der Waals surface area contributed by atoms with Gasteiger partial charge in [0, 0.05) is 6.54 Å². The van der Waals surface area contributed by atoms with Crippen LogP contribution in [0.1, 0.15) is 36.8 Å². The zero-order valence-corrected chi connectivity index (χ0v) is 12.8. The molecular formula is C14H22N2O3S. The SMILES string of the molecule is Cc1ccc(C)c(S(=O)(=O)NCC2(O)CCCC2)c1N. The zero-order valence-electron chi connectivity index (χ0n) is 11.9. The summed E-state index contributed by atoms with van der Waals surface area (Å²) in [5.41, 5.74) is 6.60. The fourth-order valence-corrected chi connectivity index (χ4v) is 4.22. The lowest BCUT2D eigenvalue weighted by atomic mass is 10.0. The zero-order chi connectivity index (χ0) is 15.0. The molecule has 6 heteroatoms. The van der Waals surface area contributed by atoms with Gasteiger partial charge in [-0.2, -0.15) is 0 Å². The fourth-order valence-electron chi connectivity index (χ4n) is 2.68. The fraction of sp³-hybridized carbons (Fsp3) is 0.571. The quantitative estimate of drug-likeness (QED) is 0.734. The second kappa shape index (κ2) is 5.35. The third-order valence-corrected chi connectivity index (χ3v) is 5.61. The summed E-state index contributed by atoms with van der Waals surface area (Å²) in [5, 5.41) is 10.2. The second-order valence-electron chi connectivity index (χ2n) is 5.70. The van der Waals surface area contributed by atoms with Crippen molar-refractivity contribution in [3.8, 4) is 0 Å². The summed E-state index contributed by atoms with van der Waals surface area (Å²) in [7, 11) is -3.70. The molecule has 1 aromatic rings. The number of nitrogen functional groups attached to an aromatic ring is 1. The third kappa shape index (κ3) is 2.97. The van der Waals surface area contributed by atoms with Gasteiger partial charge in [0.05, 0.1) is 11.3 Å². The van der Waals surface area contributed by atoms with Crippen LogP contribution in [0.25, 0.3) is 0 Å². The first-order chi connectivity index (χ1) is 9.25. The van der Waals surface area contributed by atoms with Crippen molar-refractivity contribution in [3.63, 3.8) is 0 Å². The van der Waals surface area contributed by atoms with E-state index in [2.05, 4.69) is 4.72 Å². The first kappa shape index (κ1) is 15.3. The number of anilines is 1. The van der Waals surface area contributed by atoms with Crippen molar-refractivity contribution in [1.29, 1.82) is 0 Å². The van der Waals surface area contributed by atoms with E-state index in [0.717, 1.165) is 18.4 Å². The molecule has 0 saturated heterocycles. The molecule has 0 aliphatic heterocycles. The van der Waals surface area contributed by atoms with Crippen molar-refractivity contribution < 1.29 is 13.5 Å². The van der Waals surface area contributed by atoms with E-state index < -0.39 is 15.6 Å². The summed E-state index contributed by atoms with van der Waals surface area (Å²) in [6.07, 6.45) is 3.14. The second-order valence-corrected chi connectivity index (χ2v) is 7.40. The van der Waals surface area contributed by atoms with Gasteiger partial charge in [0.2, 0.25) is 10.0 Å². The molecule has 20 heavy (non-hydrogen) atoms. The minimum atomic E-state index is -3.70. The molecule has 0 spiro atoms. The van der Waals surface area contributed by atoms with E-state index in [9.17, 15) is 13.5 Å². The minimum absolute atomic E-state index is 0.0438. The topological polar surface area (TPSA) is 92.4 Å². The summed E-state index contributed by atoms with van der Waals surface area (Å²) < 4.78 is 27.4. The first-order valence-electron chi connectivity index (χ1n) is 6.83.